The predicted molar refractivity (Wildman–Crippen MR) is 73.1 cm³/mol. The molecule has 0 bridgehead atoms. The summed E-state index contributed by atoms with van der Waals surface area (Å²) in [5.41, 5.74) is -0.878. The summed E-state index contributed by atoms with van der Waals surface area (Å²) in [6.45, 7) is 15.0. The number of hydrogen-bond acceptors (Lipinski definition) is 3. The van der Waals surface area contributed by atoms with Crippen LogP contribution in [-0.2, 0) is 4.74 Å². The van der Waals surface area contributed by atoms with Gasteiger partial charge in [0.2, 0.25) is 5.79 Å². The van der Waals surface area contributed by atoms with Crippen molar-refractivity contribution in [1.29, 1.82) is 5.41 Å². The smallest absolute Gasteiger partial charge is 0.277 e. The van der Waals surface area contributed by atoms with E-state index in [1.54, 1.807) is 25.2 Å². The Bertz CT molecular complexity index is 455. The van der Waals surface area contributed by atoms with E-state index >= 15 is 0 Å². The summed E-state index contributed by atoms with van der Waals surface area (Å²) in [6.07, 6.45) is 6.23. The molecule has 0 aromatic rings. The van der Waals surface area contributed by atoms with Gasteiger partial charge < -0.3 is 9.84 Å². The van der Waals surface area contributed by atoms with E-state index in [1.165, 1.54) is 11.7 Å². The molecule has 3 unspecified atom stereocenters. The molecule has 1 fully saturated rings. The fourth-order valence-corrected chi connectivity index (χ4v) is 2.72. The Morgan fingerprint density at radius 3 is 2.39 bits per heavy atom. The van der Waals surface area contributed by atoms with Crippen molar-refractivity contribution in [2.45, 2.75) is 25.2 Å². The van der Waals surface area contributed by atoms with E-state index < -0.39 is 16.7 Å². The van der Waals surface area contributed by atoms with Crippen molar-refractivity contribution in [2.75, 3.05) is 7.11 Å². The monoisotopic (exact) mass is 249 g/mol. The first-order valence-electron chi connectivity index (χ1n) is 5.64. The Morgan fingerprint density at radius 2 is 2.00 bits per heavy atom. The third-order valence-electron chi connectivity index (χ3n) is 4.35. The third kappa shape index (κ3) is 1.33. The van der Waals surface area contributed by atoms with Crippen molar-refractivity contribution in [3.63, 3.8) is 0 Å². The van der Waals surface area contributed by atoms with Gasteiger partial charge in [-0.05, 0) is 19.4 Å². The summed E-state index contributed by atoms with van der Waals surface area (Å²) in [6, 6.07) is 0. The normalized spacial score (nSPS) is 38.4. The van der Waals surface area contributed by atoms with Gasteiger partial charge in [0.05, 0.1) is 12.1 Å². The highest BCUT2D eigenvalue weighted by molar-refractivity contribution is 5.53. The summed E-state index contributed by atoms with van der Waals surface area (Å²) in [4.78, 5) is 0. The minimum Gasteiger partial charge on any atom is -0.361 e. The number of rotatable bonds is 6. The van der Waals surface area contributed by atoms with E-state index in [2.05, 4.69) is 19.9 Å². The summed E-state index contributed by atoms with van der Waals surface area (Å²) >= 11 is 0. The fraction of sp³-hybridized carbons (Fsp3) is 0.429. The number of nitrogens with zero attached hydrogens (tertiary/aromatic N) is 1. The second-order valence-electron chi connectivity index (χ2n) is 4.76. The summed E-state index contributed by atoms with van der Waals surface area (Å²) < 4.78 is 6.65. The maximum Gasteiger partial charge on any atom is 0.277 e. The zero-order chi connectivity index (χ0) is 14.2. The molecular weight excluding hydrogens is 228 g/mol. The highest BCUT2D eigenvalue weighted by Gasteiger charge is 2.89. The first-order valence-corrected chi connectivity index (χ1v) is 5.64. The van der Waals surface area contributed by atoms with Gasteiger partial charge in [0.15, 0.2) is 5.54 Å². The molecule has 1 saturated carbocycles. The molecule has 1 rings (SSSR count). The largest absolute Gasteiger partial charge is 0.361 e. The molecule has 98 valence electrons. The van der Waals surface area contributed by atoms with E-state index in [1.807, 2.05) is 6.92 Å². The standard InChI is InChI=1S/C14H21N2O2/c1-7-8-9-11(2)12(3)13(4,16(5)10-15)14(12,17)18-6/h7-10,15,17H,1-2,5H2,3-4,6H3/q+1/b9-8-,15-10?. The lowest BCUT2D eigenvalue weighted by molar-refractivity contribution is -0.479. The SMILES string of the molecule is C=C/C=C\C(=C)C1(C)C(O)(OC)C1(C)[N+](=C)C=N. The van der Waals surface area contributed by atoms with Gasteiger partial charge in [0, 0.05) is 7.11 Å². The van der Waals surface area contributed by atoms with Crippen LogP contribution in [0.2, 0.25) is 0 Å². The summed E-state index contributed by atoms with van der Waals surface area (Å²) in [5, 5.41) is 17.9. The molecule has 0 aromatic carbocycles. The van der Waals surface area contributed by atoms with Gasteiger partial charge in [-0.3, -0.25) is 0 Å². The molecule has 3 atom stereocenters. The van der Waals surface area contributed by atoms with E-state index in [0.29, 0.717) is 5.57 Å². The van der Waals surface area contributed by atoms with Gasteiger partial charge in [-0.15, -0.1) is 5.41 Å². The van der Waals surface area contributed by atoms with Crippen LogP contribution in [0.3, 0.4) is 0 Å². The van der Waals surface area contributed by atoms with Crippen LogP contribution in [0, 0.1) is 10.8 Å². The first-order chi connectivity index (χ1) is 8.27. The topological polar surface area (TPSA) is 56.3 Å². The molecule has 18 heavy (non-hydrogen) atoms. The molecule has 4 nitrogen and oxygen atoms in total. The Labute approximate surface area is 108 Å². The highest BCUT2D eigenvalue weighted by Crippen LogP contribution is 2.70. The number of methoxy groups -OCH3 is 1. The summed E-state index contributed by atoms with van der Waals surface area (Å²) in [7, 11) is 1.44. The quantitative estimate of drug-likeness (QED) is 0.247. The van der Waals surface area contributed by atoms with Crippen molar-refractivity contribution >= 4 is 13.1 Å². The Balaban J connectivity index is 3.27. The van der Waals surface area contributed by atoms with Crippen molar-refractivity contribution in [3.8, 4) is 0 Å². The van der Waals surface area contributed by atoms with Crippen LogP contribution >= 0.6 is 0 Å². The molecule has 1 aliphatic carbocycles. The van der Waals surface area contributed by atoms with Crippen LogP contribution < -0.4 is 0 Å². The molecule has 4 heteroatoms. The molecule has 0 radical (unpaired) electrons. The Hall–Kier alpha value is -1.52. The maximum atomic E-state index is 10.6. The molecule has 0 aromatic heterocycles. The average molecular weight is 249 g/mol. The third-order valence-corrected chi connectivity index (χ3v) is 4.35. The van der Waals surface area contributed by atoms with Gasteiger partial charge in [0.25, 0.3) is 6.34 Å². The average Bonchev–Trinajstić information content (AvgIpc) is 2.79. The maximum absolute atomic E-state index is 10.6. The number of ether oxygens (including phenoxy) is 1. The zero-order valence-electron chi connectivity index (χ0n) is 11.2. The van der Waals surface area contributed by atoms with Gasteiger partial charge in [-0.25, -0.2) is 4.58 Å². The molecule has 0 spiro atoms. The second kappa shape index (κ2) is 4.30. The van der Waals surface area contributed by atoms with Gasteiger partial charge in [-0.1, -0.05) is 31.4 Å². The van der Waals surface area contributed by atoms with E-state index in [4.69, 9.17) is 10.1 Å². The lowest BCUT2D eigenvalue weighted by Crippen LogP contribution is -2.34. The number of nitrogens with one attached hydrogen (secondary N) is 1. The van der Waals surface area contributed by atoms with E-state index in [0.717, 1.165) is 6.34 Å². The molecule has 0 heterocycles. The van der Waals surface area contributed by atoms with Crippen LogP contribution in [0.1, 0.15) is 13.8 Å². The van der Waals surface area contributed by atoms with Crippen LogP contribution in [0.25, 0.3) is 0 Å². The Morgan fingerprint density at radius 1 is 1.44 bits per heavy atom. The van der Waals surface area contributed by atoms with Crippen LogP contribution in [0.4, 0.5) is 0 Å². The van der Waals surface area contributed by atoms with Crippen molar-refractivity contribution in [2.24, 2.45) is 5.41 Å². The van der Waals surface area contributed by atoms with Crippen LogP contribution in [0.5, 0.6) is 0 Å². The number of hydrogen-bond donors (Lipinski definition) is 2. The van der Waals surface area contributed by atoms with E-state index in [9.17, 15) is 5.11 Å². The highest BCUT2D eigenvalue weighted by atomic mass is 16.6. The molecule has 1 aliphatic rings. The lowest BCUT2D eigenvalue weighted by Gasteiger charge is -2.14. The fourth-order valence-electron chi connectivity index (χ4n) is 2.72. The number of allylic oxidation sites excluding steroid dienone is 3. The zero-order valence-corrected chi connectivity index (χ0v) is 11.2. The van der Waals surface area contributed by atoms with Crippen LogP contribution in [0.15, 0.2) is 37.0 Å². The molecular formula is C14H21N2O2+. The molecule has 2 N–H and O–H groups in total. The van der Waals surface area contributed by atoms with Crippen LogP contribution in [-0.4, -0.2) is 41.2 Å². The van der Waals surface area contributed by atoms with Crippen molar-refractivity contribution in [3.05, 3.63) is 37.0 Å². The van der Waals surface area contributed by atoms with Crippen molar-refractivity contribution < 1.29 is 14.4 Å². The van der Waals surface area contributed by atoms with Gasteiger partial charge >= 0.3 is 0 Å². The predicted octanol–water partition coefficient (Wildman–Crippen LogP) is 1.72. The lowest BCUT2D eigenvalue weighted by atomic mass is 9.93. The van der Waals surface area contributed by atoms with Gasteiger partial charge in [-0.2, -0.15) is 0 Å². The van der Waals surface area contributed by atoms with Gasteiger partial charge in [0.1, 0.15) is 0 Å². The van der Waals surface area contributed by atoms with Crippen molar-refractivity contribution in [1.82, 2.24) is 0 Å². The Kier molecular flexibility index (Phi) is 3.47. The minimum atomic E-state index is -1.43. The molecule has 0 saturated heterocycles. The number of aliphatic hydroxyl groups is 1. The van der Waals surface area contributed by atoms with E-state index in [-0.39, 0.29) is 0 Å². The minimum absolute atomic E-state index is 0.699. The summed E-state index contributed by atoms with van der Waals surface area (Å²) in [5.74, 6) is -1.43. The first kappa shape index (κ1) is 14.5. The second-order valence-corrected chi connectivity index (χ2v) is 4.76. The molecule has 0 aliphatic heterocycles. The molecule has 0 amide bonds.